The molecular formula is C18H21NO4S. The third kappa shape index (κ3) is 3.71. The Bertz CT molecular complexity index is 846. The van der Waals surface area contributed by atoms with Gasteiger partial charge in [-0.15, -0.1) is 0 Å². The Morgan fingerprint density at radius 2 is 1.71 bits per heavy atom. The molecule has 1 aliphatic rings. The summed E-state index contributed by atoms with van der Waals surface area (Å²) < 4.78 is 38.3. The van der Waals surface area contributed by atoms with Gasteiger partial charge in [0.25, 0.3) is 0 Å². The molecule has 2 aromatic carbocycles. The van der Waals surface area contributed by atoms with Gasteiger partial charge in [0.05, 0.1) is 4.90 Å². The van der Waals surface area contributed by atoms with Gasteiger partial charge in [-0.05, 0) is 49.1 Å². The molecule has 0 unspecified atom stereocenters. The van der Waals surface area contributed by atoms with Crippen LogP contribution in [0.5, 0.6) is 11.5 Å². The Morgan fingerprint density at radius 1 is 0.958 bits per heavy atom. The highest BCUT2D eigenvalue weighted by atomic mass is 32.2. The van der Waals surface area contributed by atoms with Crippen molar-refractivity contribution in [1.29, 1.82) is 0 Å². The summed E-state index contributed by atoms with van der Waals surface area (Å²) in [5, 5.41) is 0. The summed E-state index contributed by atoms with van der Waals surface area (Å²) in [7, 11) is -3.57. The van der Waals surface area contributed by atoms with Crippen LogP contribution in [0.25, 0.3) is 0 Å². The van der Waals surface area contributed by atoms with Gasteiger partial charge in [-0.2, -0.15) is 0 Å². The molecule has 0 saturated carbocycles. The molecule has 0 amide bonds. The van der Waals surface area contributed by atoms with E-state index >= 15 is 0 Å². The monoisotopic (exact) mass is 347 g/mol. The first-order chi connectivity index (χ1) is 11.5. The molecule has 0 atom stereocenters. The lowest BCUT2D eigenvalue weighted by Crippen LogP contribution is -2.26. The third-order valence-corrected chi connectivity index (χ3v) is 5.56. The van der Waals surface area contributed by atoms with E-state index in [1.54, 1.807) is 6.07 Å². The summed E-state index contributed by atoms with van der Waals surface area (Å²) in [6.07, 6.45) is 0.644. The van der Waals surface area contributed by atoms with Crippen molar-refractivity contribution < 1.29 is 17.9 Å². The van der Waals surface area contributed by atoms with E-state index in [1.165, 1.54) is 23.3 Å². The van der Waals surface area contributed by atoms with Crippen LogP contribution in [0.15, 0.2) is 41.3 Å². The molecule has 128 valence electrons. The number of hydrogen-bond donors (Lipinski definition) is 1. The van der Waals surface area contributed by atoms with Crippen molar-refractivity contribution >= 4 is 10.0 Å². The summed E-state index contributed by atoms with van der Waals surface area (Å²) >= 11 is 0. The van der Waals surface area contributed by atoms with Gasteiger partial charge in [0, 0.05) is 12.6 Å². The second kappa shape index (κ2) is 6.83. The highest BCUT2D eigenvalue weighted by Crippen LogP contribution is 2.32. The Balaban J connectivity index is 1.66. The predicted molar refractivity (Wildman–Crippen MR) is 92.2 cm³/mol. The Kier molecular flexibility index (Phi) is 4.78. The van der Waals surface area contributed by atoms with Crippen molar-refractivity contribution in [3.63, 3.8) is 0 Å². The molecule has 0 fully saturated rings. The topological polar surface area (TPSA) is 64.6 Å². The molecule has 3 rings (SSSR count). The van der Waals surface area contributed by atoms with Crippen molar-refractivity contribution in [1.82, 2.24) is 4.72 Å². The molecule has 0 bridgehead atoms. The molecule has 6 heteroatoms. The lowest BCUT2D eigenvalue weighted by Gasteiger charge is -2.19. The fourth-order valence-electron chi connectivity index (χ4n) is 2.56. The van der Waals surface area contributed by atoms with Crippen molar-refractivity contribution in [2.45, 2.75) is 25.2 Å². The molecule has 0 radical (unpaired) electrons. The van der Waals surface area contributed by atoms with Gasteiger partial charge in [0.15, 0.2) is 11.5 Å². The molecule has 1 aliphatic heterocycles. The Labute approximate surface area is 142 Å². The lowest BCUT2D eigenvalue weighted by molar-refractivity contribution is 0.171. The van der Waals surface area contributed by atoms with Crippen LogP contribution in [-0.4, -0.2) is 28.2 Å². The Hall–Kier alpha value is -2.05. The SMILES string of the molecule is Cc1ccc(CCNS(=O)(=O)c2ccc3c(c2)OCCO3)cc1C. The smallest absolute Gasteiger partial charge is 0.240 e. The fraction of sp³-hybridized carbons (Fsp3) is 0.333. The normalized spacial score (nSPS) is 13.8. The first-order valence-electron chi connectivity index (χ1n) is 7.91. The lowest BCUT2D eigenvalue weighted by atomic mass is 10.0. The summed E-state index contributed by atoms with van der Waals surface area (Å²) in [6, 6.07) is 10.8. The second-order valence-corrected chi connectivity index (χ2v) is 7.64. The Morgan fingerprint density at radius 3 is 2.46 bits per heavy atom. The van der Waals surface area contributed by atoms with Crippen LogP contribution in [0, 0.1) is 13.8 Å². The first-order valence-corrected chi connectivity index (χ1v) is 9.39. The summed E-state index contributed by atoms with van der Waals surface area (Å²) in [5.41, 5.74) is 3.56. The average Bonchev–Trinajstić information content (AvgIpc) is 2.57. The van der Waals surface area contributed by atoms with Gasteiger partial charge in [-0.1, -0.05) is 18.2 Å². The third-order valence-electron chi connectivity index (χ3n) is 4.10. The van der Waals surface area contributed by atoms with E-state index in [2.05, 4.69) is 30.7 Å². The van der Waals surface area contributed by atoms with E-state index < -0.39 is 10.0 Å². The van der Waals surface area contributed by atoms with Gasteiger partial charge in [0.1, 0.15) is 13.2 Å². The van der Waals surface area contributed by atoms with Gasteiger partial charge < -0.3 is 9.47 Å². The number of benzene rings is 2. The maximum atomic E-state index is 12.4. The first kappa shape index (κ1) is 16.8. The number of aryl methyl sites for hydroxylation is 2. The van der Waals surface area contributed by atoms with Gasteiger partial charge in [-0.25, -0.2) is 13.1 Å². The molecular weight excluding hydrogens is 326 g/mol. The average molecular weight is 347 g/mol. The highest BCUT2D eigenvalue weighted by molar-refractivity contribution is 7.89. The van der Waals surface area contributed by atoms with E-state index in [-0.39, 0.29) is 4.90 Å². The predicted octanol–water partition coefficient (Wildman–Crippen LogP) is 2.60. The quantitative estimate of drug-likeness (QED) is 0.903. The summed E-state index contributed by atoms with van der Waals surface area (Å²) in [5.74, 6) is 1.05. The van der Waals surface area contributed by atoms with Crippen LogP contribution in [-0.2, 0) is 16.4 Å². The molecule has 0 aromatic heterocycles. The molecule has 24 heavy (non-hydrogen) atoms. The van der Waals surface area contributed by atoms with Crippen LogP contribution in [0.1, 0.15) is 16.7 Å². The van der Waals surface area contributed by atoms with Crippen LogP contribution in [0.3, 0.4) is 0 Å². The number of nitrogens with one attached hydrogen (secondary N) is 1. The number of ether oxygens (including phenoxy) is 2. The van der Waals surface area contributed by atoms with Crippen LogP contribution in [0.4, 0.5) is 0 Å². The standard InChI is InChI=1S/C18H21NO4S/c1-13-3-4-15(11-14(13)2)7-8-19-24(20,21)16-5-6-17-18(12-16)23-10-9-22-17/h3-6,11-12,19H,7-10H2,1-2H3. The van der Waals surface area contributed by atoms with Crippen LogP contribution < -0.4 is 14.2 Å². The van der Waals surface area contributed by atoms with Crippen LogP contribution in [0.2, 0.25) is 0 Å². The molecule has 2 aromatic rings. The minimum atomic E-state index is -3.57. The van der Waals surface area contributed by atoms with E-state index in [0.717, 1.165) is 5.56 Å². The van der Waals surface area contributed by atoms with Crippen molar-refractivity contribution in [2.24, 2.45) is 0 Å². The highest BCUT2D eigenvalue weighted by Gasteiger charge is 2.18. The van der Waals surface area contributed by atoms with Gasteiger partial charge in [0.2, 0.25) is 10.0 Å². The molecule has 0 saturated heterocycles. The van der Waals surface area contributed by atoms with Crippen molar-refractivity contribution in [2.75, 3.05) is 19.8 Å². The minimum Gasteiger partial charge on any atom is -0.486 e. The molecule has 1 heterocycles. The number of rotatable bonds is 5. The van der Waals surface area contributed by atoms with E-state index in [1.807, 2.05) is 6.07 Å². The zero-order valence-corrected chi connectivity index (χ0v) is 14.7. The fourth-order valence-corrected chi connectivity index (χ4v) is 3.61. The second-order valence-electron chi connectivity index (χ2n) is 5.87. The maximum absolute atomic E-state index is 12.4. The van der Waals surface area contributed by atoms with E-state index in [4.69, 9.17) is 9.47 Å². The van der Waals surface area contributed by atoms with Gasteiger partial charge in [-0.3, -0.25) is 0 Å². The van der Waals surface area contributed by atoms with Crippen molar-refractivity contribution in [3.05, 3.63) is 53.1 Å². The molecule has 5 nitrogen and oxygen atoms in total. The maximum Gasteiger partial charge on any atom is 0.240 e. The zero-order valence-electron chi connectivity index (χ0n) is 13.8. The summed E-state index contributed by atoms with van der Waals surface area (Å²) in [4.78, 5) is 0.187. The largest absolute Gasteiger partial charge is 0.486 e. The number of hydrogen-bond acceptors (Lipinski definition) is 4. The summed E-state index contributed by atoms with van der Waals surface area (Å²) in [6.45, 7) is 5.37. The van der Waals surface area contributed by atoms with Crippen molar-refractivity contribution in [3.8, 4) is 11.5 Å². The zero-order chi connectivity index (χ0) is 17.2. The number of sulfonamides is 1. The van der Waals surface area contributed by atoms with E-state index in [0.29, 0.717) is 37.7 Å². The minimum absolute atomic E-state index is 0.187. The van der Waals surface area contributed by atoms with Gasteiger partial charge >= 0.3 is 0 Å². The molecule has 0 aliphatic carbocycles. The number of fused-ring (bicyclic) bond motifs is 1. The van der Waals surface area contributed by atoms with Crippen LogP contribution >= 0.6 is 0 Å². The molecule has 1 N–H and O–H groups in total. The molecule has 0 spiro atoms. The van der Waals surface area contributed by atoms with E-state index in [9.17, 15) is 8.42 Å².